The Bertz CT molecular complexity index is 1180. The lowest BCUT2D eigenvalue weighted by Gasteiger charge is -2.34. The molecule has 2 heterocycles. The van der Waals surface area contributed by atoms with E-state index in [0.717, 1.165) is 6.07 Å². The Morgan fingerprint density at radius 3 is 2.60 bits per heavy atom. The number of carbonyl (C=O) groups excluding carboxylic acids is 2. The standard InChI is InChI=1S/C24H24BrF2N3O4S/c1-3-34-24(32)16-19(12-4-6-13(7-5-12)23(31)33-2)29-21(22-28-10-11-35-22)30-20(16)14-8-9-15(26)18(27)17(14)25/h8-13,20H,3-7H2,1-2H3,(H,29,30). The highest BCUT2D eigenvalue weighted by atomic mass is 79.9. The quantitative estimate of drug-likeness (QED) is 0.387. The molecule has 1 aromatic carbocycles. The summed E-state index contributed by atoms with van der Waals surface area (Å²) in [5.41, 5.74) is 1.14. The molecule has 11 heteroatoms. The van der Waals surface area contributed by atoms with Crippen LogP contribution in [0.2, 0.25) is 0 Å². The van der Waals surface area contributed by atoms with Gasteiger partial charge in [-0.05, 0) is 66.1 Å². The van der Waals surface area contributed by atoms with Crippen molar-refractivity contribution in [2.24, 2.45) is 16.8 Å². The first-order valence-corrected chi connectivity index (χ1v) is 12.9. The summed E-state index contributed by atoms with van der Waals surface area (Å²) in [6.45, 7) is 1.84. The van der Waals surface area contributed by atoms with Gasteiger partial charge in [-0.2, -0.15) is 0 Å². The van der Waals surface area contributed by atoms with Crippen LogP contribution in [0.25, 0.3) is 0 Å². The van der Waals surface area contributed by atoms with Crippen molar-refractivity contribution < 1.29 is 27.8 Å². The number of methoxy groups -OCH3 is 1. The average Bonchev–Trinajstić information content (AvgIpc) is 3.41. The number of rotatable bonds is 6. The molecule has 186 valence electrons. The maximum absolute atomic E-state index is 14.5. The molecular weight excluding hydrogens is 544 g/mol. The van der Waals surface area contributed by atoms with Gasteiger partial charge in [0.1, 0.15) is 6.04 Å². The van der Waals surface area contributed by atoms with Crippen LogP contribution in [0.5, 0.6) is 0 Å². The van der Waals surface area contributed by atoms with Gasteiger partial charge in [-0.1, -0.05) is 6.07 Å². The summed E-state index contributed by atoms with van der Waals surface area (Å²) >= 11 is 4.52. The molecule has 7 nitrogen and oxygen atoms in total. The van der Waals surface area contributed by atoms with E-state index in [1.807, 2.05) is 0 Å². The van der Waals surface area contributed by atoms with Gasteiger partial charge < -0.3 is 14.8 Å². The molecule has 0 spiro atoms. The minimum Gasteiger partial charge on any atom is -0.469 e. The molecule has 0 saturated heterocycles. The minimum absolute atomic E-state index is 0.104. The van der Waals surface area contributed by atoms with E-state index in [1.54, 1.807) is 18.5 Å². The number of hydrogen-bond acceptors (Lipinski definition) is 8. The van der Waals surface area contributed by atoms with Crippen LogP contribution in [0.1, 0.15) is 49.2 Å². The fourth-order valence-electron chi connectivity index (χ4n) is 4.53. The Kier molecular flexibility index (Phi) is 7.95. The van der Waals surface area contributed by atoms with Gasteiger partial charge in [0.15, 0.2) is 22.5 Å². The van der Waals surface area contributed by atoms with E-state index < -0.39 is 23.6 Å². The van der Waals surface area contributed by atoms with Gasteiger partial charge in [0, 0.05) is 17.3 Å². The van der Waals surface area contributed by atoms with Crippen molar-refractivity contribution in [2.75, 3.05) is 13.7 Å². The van der Waals surface area contributed by atoms with E-state index in [2.05, 4.69) is 26.2 Å². The van der Waals surface area contributed by atoms with E-state index in [4.69, 9.17) is 14.5 Å². The number of hydrogen-bond donors (Lipinski definition) is 1. The second kappa shape index (κ2) is 10.9. The zero-order valence-electron chi connectivity index (χ0n) is 19.1. The summed E-state index contributed by atoms with van der Waals surface area (Å²) in [7, 11) is 1.37. The number of nitrogens with one attached hydrogen (secondary N) is 1. The monoisotopic (exact) mass is 567 g/mol. The number of carbonyl (C=O) groups is 2. The van der Waals surface area contributed by atoms with Crippen molar-refractivity contribution in [3.8, 4) is 0 Å². The smallest absolute Gasteiger partial charge is 0.338 e. The summed E-state index contributed by atoms with van der Waals surface area (Å²) in [5, 5.41) is 5.69. The summed E-state index contributed by atoms with van der Waals surface area (Å²) in [6.07, 6.45) is 4.09. The van der Waals surface area contributed by atoms with Crippen molar-refractivity contribution in [2.45, 2.75) is 38.6 Å². The number of nitrogens with zero attached hydrogens (tertiary/aromatic N) is 2. The normalized spacial score (nSPS) is 22.3. The predicted octanol–water partition coefficient (Wildman–Crippen LogP) is 5.07. The van der Waals surface area contributed by atoms with Crippen molar-refractivity contribution in [3.05, 3.63) is 61.7 Å². The number of aliphatic imine (C=N–C) groups is 1. The van der Waals surface area contributed by atoms with Crippen LogP contribution in [0.15, 0.2) is 44.4 Å². The first-order valence-electron chi connectivity index (χ1n) is 11.2. The highest BCUT2D eigenvalue weighted by molar-refractivity contribution is 9.10. The molecule has 35 heavy (non-hydrogen) atoms. The molecule has 1 saturated carbocycles. The van der Waals surface area contributed by atoms with Crippen molar-refractivity contribution in [1.29, 1.82) is 0 Å². The van der Waals surface area contributed by atoms with E-state index in [9.17, 15) is 18.4 Å². The van der Waals surface area contributed by atoms with Crippen molar-refractivity contribution >= 4 is 45.0 Å². The molecule has 0 radical (unpaired) electrons. The van der Waals surface area contributed by atoms with Gasteiger partial charge in [-0.15, -0.1) is 11.3 Å². The van der Waals surface area contributed by atoms with E-state index in [0.29, 0.717) is 47.8 Å². The summed E-state index contributed by atoms with van der Waals surface area (Å²) in [5.74, 6) is -2.78. The number of ether oxygens (including phenoxy) is 2. The van der Waals surface area contributed by atoms with Crippen LogP contribution >= 0.6 is 27.3 Å². The van der Waals surface area contributed by atoms with Gasteiger partial charge in [0.05, 0.1) is 29.7 Å². The molecule has 1 unspecified atom stereocenters. The van der Waals surface area contributed by atoms with Gasteiger partial charge in [0.2, 0.25) is 0 Å². The van der Waals surface area contributed by atoms with Crippen molar-refractivity contribution in [1.82, 2.24) is 10.3 Å². The number of thiazole rings is 1. The van der Waals surface area contributed by atoms with E-state index in [-0.39, 0.29) is 34.5 Å². The number of halogens is 3. The average molecular weight is 568 g/mol. The molecule has 2 aromatic rings. The summed E-state index contributed by atoms with van der Waals surface area (Å²) in [6, 6.07) is 1.47. The SMILES string of the molecule is CCOC(=O)C1=C(C2CCC(C(=O)OC)CC2)NC(c2nccs2)=NC1c1ccc(F)c(F)c1Br. The highest BCUT2D eigenvalue weighted by Gasteiger charge is 2.39. The molecule has 1 N–H and O–H groups in total. The molecule has 2 aliphatic rings. The molecule has 1 aliphatic carbocycles. The fourth-order valence-corrected chi connectivity index (χ4v) is 5.66. The van der Waals surface area contributed by atoms with Crippen LogP contribution in [0.3, 0.4) is 0 Å². The van der Waals surface area contributed by atoms with Gasteiger partial charge in [-0.25, -0.2) is 18.6 Å². The third-order valence-corrected chi connectivity index (χ3v) is 7.82. The minimum atomic E-state index is -1.06. The second-order valence-corrected chi connectivity index (χ2v) is 9.91. The number of benzene rings is 1. The Labute approximate surface area is 213 Å². The van der Waals surface area contributed by atoms with Crippen LogP contribution in [-0.4, -0.2) is 36.5 Å². The van der Waals surface area contributed by atoms with Gasteiger partial charge in [0.25, 0.3) is 0 Å². The van der Waals surface area contributed by atoms with Crippen LogP contribution < -0.4 is 5.32 Å². The third kappa shape index (κ3) is 5.16. The molecule has 0 amide bonds. The molecule has 4 rings (SSSR count). The number of allylic oxidation sites excluding steroid dienone is 1. The number of aromatic nitrogens is 1. The predicted molar refractivity (Wildman–Crippen MR) is 130 cm³/mol. The van der Waals surface area contributed by atoms with Crippen molar-refractivity contribution in [3.63, 3.8) is 0 Å². The summed E-state index contributed by atoms with van der Waals surface area (Å²) < 4.78 is 38.6. The number of esters is 2. The maximum Gasteiger partial charge on any atom is 0.338 e. The molecule has 1 aromatic heterocycles. The second-order valence-electron chi connectivity index (χ2n) is 8.23. The first-order chi connectivity index (χ1) is 16.8. The van der Waals surface area contributed by atoms with Crippen LogP contribution in [0, 0.1) is 23.5 Å². The largest absolute Gasteiger partial charge is 0.469 e. The zero-order valence-corrected chi connectivity index (χ0v) is 21.5. The van der Waals surface area contributed by atoms with Crippen LogP contribution in [0.4, 0.5) is 8.78 Å². The van der Waals surface area contributed by atoms with Gasteiger partial charge >= 0.3 is 11.9 Å². The third-order valence-electron chi connectivity index (χ3n) is 6.23. The highest BCUT2D eigenvalue weighted by Crippen LogP contribution is 2.42. The Morgan fingerprint density at radius 1 is 1.23 bits per heavy atom. The topological polar surface area (TPSA) is 89.9 Å². The Morgan fingerprint density at radius 2 is 1.97 bits per heavy atom. The molecule has 0 bridgehead atoms. The lowest BCUT2D eigenvalue weighted by atomic mass is 9.78. The van der Waals surface area contributed by atoms with Gasteiger partial charge in [-0.3, -0.25) is 9.79 Å². The van der Waals surface area contributed by atoms with Crippen LogP contribution in [-0.2, 0) is 19.1 Å². The molecule has 1 atom stereocenters. The lowest BCUT2D eigenvalue weighted by molar-refractivity contribution is -0.146. The zero-order chi connectivity index (χ0) is 25.1. The number of amidine groups is 1. The van der Waals surface area contributed by atoms with E-state index in [1.165, 1.54) is 24.5 Å². The first kappa shape index (κ1) is 25.4. The molecular formula is C24H24BrF2N3O4S. The Hall–Kier alpha value is -2.66. The Balaban J connectivity index is 1.82. The molecule has 1 fully saturated rings. The van der Waals surface area contributed by atoms with E-state index >= 15 is 0 Å². The fraction of sp³-hybridized carbons (Fsp3) is 0.417. The molecule has 1 aliphatic heterocycles. The lowest BCUT2D eigenvalue weighted by Crippen LogP contribution is -2.38. The maximum atomic E-state index is 14.5. The summed E-state index contributed by atoms with van der Waals surface area (Å²) in [4.78, 5) is 34.3.